The molecule has 5 aromatic rings. The van der Waals surface area contributed by atoms with Gasteiger partial charge in [-0.3, -0.25) is 4.98 Å². The van der Waals surface area contributed by atoms with Gasteiger partial charge in [-0.25, -0.2) is 9.97 Å². The average molecular weight is 559 g/mol. The molecule has 0 amide bonds. The number of hydrogen-bond donors (Lipinski definition) is 1. The molecule has 38 heavy (non-hydrogen) atoms. The Kier molecular flexibility index (Phi) is 6.54. The zero-order chi connectivity index (χ0) is 27.2. The van der Waals surface area contributed by atoms with Crippen molar-refractivity contribution >= 4 is 34.1 Å². The van der Waals surface area contributed by atoms with E-state index in [0.29, 0.717) is 22.0 Å². The third kappa shape index (κ3) is 4.57. The zero-order valence-corrected chi connectivity index (χ0v) is 21.5. The number of hydrogen-bond acceptors (Lipinski definition) is 5. The van der Waals surface area contributed by atoms with Crippen LogP contribution in [0.25, 0.3) is 10.9 Å². The fourth-order valence-electron chi connectivity index (χ4n) is 4.29. The second kappa shape index (κ2) is 9.58. The summed E-state index contributed by atoms with van der Waals surface area (Å²) in [7, 11) is 1.68. The SMILES string of the molecule is Cc1ccc(C(O)(c2ccc3nc(Cl)c(Oc4ccc(Cl)cc4)c(C(F)(F)F)c3c2)c2cncn2C)cn1. The van der Waals surface area contributed by atoms with Gasteiger partial charge in [0.15, 0.2) is 16.5 Å². The van der Waals surface area contributed by atoms with Gasteiger partial charge >= 0.3 is 6.18 Å². The first-order valence-electron chi connectivity index (χ1n) is 11.2. The van der Waals surface area contributed by atoms with Crippen molar-refractivity contribution in [1.82, 2.24) is 19.5 Å². The Balaban J connectivity index is 1.78. The van der Waals surface area contributed by atoms with E-state index in [0.717, 1.165) is 0 Å². The number of aryl methyl sites for hydroxylation is 2. The Hall–Kier alpha value is -3.66. The van der Waals surface area contributed by atoms with Crippen LogP contribution in [0.2, 0.25) is 10.2 Å². The van der Waals surface area contributed by atoms with Crippen LogP contribution in [0.5, 0.6) is 11.5 Å². The third-order valence-corrected chi connectivity index (χ3v) is 6.66. The molecule has 5 rings (SSSR count). The maximum atomic E-state index is 14.6. The summed E-state index contributed by atoms with van der Waals surface area (Å²) in [6, 6.07) is 13.3. The van der Waals surface area contributed by atoms with Gasteiger partial charge in [-0.15, -0.1) is 0 Å². The van der Waals surface area contributed by atoms with Crippen LogP contribution < -0.4 is 4.74 Å². The van der Waals surface area contributed by atoms with E-state index in [-0.39, 0.29) is 22.2 Å². The lowest BCUT2D eigenvalue weighted by Gasteiger charge is -2.30. The summed E-state index contributed by atoms with van der Waals surface area (Å²) in [5.41, 5.74) is -1.51. The van der Waals surface area contributed by atoms with Gasteiger partial charge < -0.3 is 14.4 Å². The number of ether oxygens (including phenoxy) is 1. The average Bonchev–Trinajstić information content (AvgIpc) is 3.31. The Morgan fingerprint density at radius 1 is 0.947 bits per heavy atom. The Labute approximate surface area is 225 Å². The van der Waals surface area contributed by atoms with Crippen LogP contribution in [0.15, 0.2) is 73.3 Å². The molecular formula is C27H19Cl2F3N4O2. The van der Waals surface area contributed by atoms with E-state index < -0.39 is 28.2 Å². The first kappa shape index (κ1) is 26.0. The molecule has 3 aromatic heterocycles. The number of pyridine rings is 2. The van der Waals surface area contributed by atoms with Crippen LogP contribution in [-0.2, 0) is 18.8 Å². The van der Waals surface area contributed by atoms with Gasteiger partial charge in [0.1, 0.15) is 11.3 Å². The normalized spacial score (nSPS) is 13.5. The van der Waals surface area contributed by atoms with E-state index in [2.05, 4.69) is 15.0 Å². The van der Waals surface area contributed by atoms with Gasteiger partial charge in [0.2, 0.25) is 0 Å². The molecule has 0 bridgehead atoms. The highest BCUT2D eigenvalue weighted by molar-refractivity contribution is 6.31. The molecule has 0 aliphatic carbocycles. The van der Waals surface area contributed by atoms with Gasteiger partial charge in [0.25, 0.3) is 0 Å². The summed E-state index contributed by atoms with van der Waals surface area (Å²) in [4.78, 5) is 12.5. The fourth-order valence-corrected chi connectivity index (χ4v) is 4.64. The number of benzene rings is 2. The minimum absolute atomic E-state index is 0.0241. The fraction of sp³-hybridized carbons (Fsp3) is 0.148. The van der Waals surface area contributed by atoms with Crippen LogP contribution in [0.1, 0.15) is 28.1 Å². The lowest BCUT2D eigenvalue weighted by Crippen LogP contribution is -2.31. The quantitative estimate of drug-likeness (QED) is 0.233. The van der Waals surface area contributed by atoms with Crippen molar-refractivity contribution < 1.29 is 23.0 Å². The summed E-state index contributed by atoms with van der Waals surface area (Å²) in [6.07, 6.45) is -0.457. The predicted octanol–water partition coefficient (Wildman–Crippen LogP) is 7.07. The number of aromatic nitrogens is 4. The highest BCUT2D eigenvalue weighted by Gasteiger charge is 2.41. The van der Waals surface area contributed by atoms with Crippen LogP contribution in [0.3, 0.4) is 0 Å². The predicted molar refractivity (Wildman–Crippen MR) is 138 cm³/mol. The van der Waals surface area contributed by atoms with E-state index in [1.807, 2.05) is 0 Å². The zero-order valence-electron chi connectivity index (χ0n) is 20.0. The molecule has 3 heterocycles. The topological polar surface area (TPSA) is 73.1 Å². The molecule has 11 heteroatoms. The van der Waals surface area contributed by atoms with Crippen molar-refractivity contribution in [2.75, 3.05) is 0 Å². The molecule has 1 atom stereocenters. The maximum absolute atomic E-state index is 14.6. The largest absolute Gasteiger partial charge is 0.453 e. The minimum Gasteiger partial charge on any atom is -0.453 e. The summed E-state index contributed by atoms with van der Waals surface area (Å²) in [6.45, 7) is 1.79. The van der Waals surface area contributed by atoms with E-state index in [1.54, 1.807) is 30.7 Å². The molecule has 0 aliphatic rings. The lowest BCUT2D eigenvalue weighted by atomic mass is 9.83. The summed E-state index contributed by atoms with van der Waals surface area (Å²) in [5.74, 6) is -0.566. The first-order chi connectivity index (χ1) is 18.0. The van der Waals surface area contributed by atoms with Crippen LogP contribution >= 0.6 is 23.2 Å². The molecule has 0 radical (unpaired) electrons. The van der Waals surface area contributed by atoms with Crippen LogP contribution in [0, 0.1) is 6.92 Å². The number of alkyl halides is 3. The molecule has 0 aliphatic heterocycles. The second-order valence-corrected chi connectivity index (χ2v) is 9.48. The van der Waals surface area contributed by atoms with Crippen molar-refractivity contribution in [3.05, 3.63) is 112 Å². The van der Waals surface area contributed by atoms with E-state index >= 15 is 0 Å². The van der Waals surface area contributed by atoms with Gasteiger partial charge in [0.05, 0.1) is 23.7 Å². The van der Waals surface area contributed by atoms with Crippen molar-refractivity contribution in [3.63, 3.8) is 0 Å². The second-order valence-electron chi connectivity index (χ2n) is 8.68. The van der Waals surface area contributed by atoms with Crippen molar-refractivity contribution in [2.45, 2.75) is 18.7 Å². The maximum Gasteiger partial charge on any atom is 0.420 e. The van der Waals surface area contributed by atoms with E-state index in [9.17, 15) is 18.3 Å². The van der Waals surface area contributed by atoms with Gasteiger partial charge in [-0.2, -0.15) is 13.2 Å². The van der Waals surface area contributed by atoms with E-state index in [1.165, 1.54) is 61.2 Å². The van der Waals surface area contributed by atoms with Crippen LogP contribution in [0.4, 0.5) is 13.2 Å². The third-order valence-electron chi connectivity index (χ3n) is 6.15. The summed E-state index contributed by atoms with van der Waals surface area (Å²) < 4.78 is 50.9. The Morgan fingerprint density at radius 2 is 1.66 bits per heavy atom. The number of aliphatic hydroxyl groups is 1. The number of imidazole rings is 1. The number of fused-ring (bicyclic) bond motifs is 1. The minimum atomic E-state index is -4.87. The standard InChI is InChI=1S/C27H19Cl2F3N4O2/c1-15-3-4-17(12-34-15)26(37,22-13-33-14-36(22)2)16-5-10-21-20(11-16)23(27(30,31)32)24(25(29)35-21)38-19-8-6-18(28)7-9-19/h3-14,37H,1-2H3. The first-order valence-corrected chi connectivity index (χ1v) is 12.0. The molecule has 0 fully saturated rings. The highest BCUT2D eigenvalue weighted by Crippen LogP contribution is 2.47. The smallest absolute Gasteiger partial charge is 0.420 e. The molecule has 2 aromatic carbocycles. The highest BCUT2D eigenvalue weighted by atomic mass is 35.5. The molecule has 1 N–H and O–H groups in total. The molecule has 0 saturated carbocycles. The number of nitrogens with zero attached hydrogens (tertiary/aromatic N) is 4. The van der Waals surface area contributed by atoms with Crippen molar-refractivity contribution in [1.29, 1.82) is 0 Å². The monoisotopic (exact) mass is 558 g/mol. The molecule has 194 valence electrons. The summed E-state index contributed by atoms with van der Waals surface area (Å²) in [5, 5.41) is 11.8. The van der Waals surface area contributed by atoms with Gasteiger partial charge in [-0.1, -0.05) is 35.3 Å². The van der Waals surface area contributed by atoms with E-state index in [4.69, 9.17) is 27.9 Å². The Morgan fingerprint density at radius 3 is 2.26 bits per heavy atom. The lowest BCUT2D eigenvalue weighted by molar-refractivity contribution is -0.137. The molecule has 0 spiro atoms. The molecular weight excluding hydrogens is 540 g/mol. The summed E-state index contributed by atoms with van der Waals surface area (Å²) >= 11 is 12.1. The number of halogens is 5. The molecule has 1 unspecified atom stereocenters. The Bertz CT molecular complexity index is 1640. The molecule has 0 saturated heterocycles. The van der Waals surface area contributed by atoms with Crippen LogP contribution in [-0.4, -0.2) is 24.6 Å². The molecule has 6 nitrogen and oxygen atoms in total. The van der Waals surface area contributed by atoms with Crippen molar-refractivity contribution in [2.24, 2.45) is 7.05 Å². The van der Waals surface area contributed by atoms with Crippen molar-refractivity contribution in [3.8, 4) is 11.5 Å². The number of rotatable bonds is 5. The van der Waals surface area contributed by atoms with Gasteiger partial charge in [-0.05, 0) is 55.0 Å². The van der Waals surface area contributed by atoms with Gasteiger partial charge in [0, 0.05) is 34.9 Å².